The molecule has 0 saturated carbocycles. The Bertz CT molecular complexity index is 879. The largest absolute Gasteiger partial charge is 0.465 e. The number of aromatic nitrogens is 1. The van der Waals surface area contributed by atoms with Gasteiger partial charge in [0.15, 0.2) is 0 Å². The van der Waals surface area contributed by atoms with E-state index in [1.807, 2.05) is 19.2 Å². The van der Waals surface area contributed by atoms with Gasteiger partial charge < -0.3 is 9.32 Å². The third kappa shape index (κ3) is 3.52. The van der Waals surface area contributed by atoms with Gasteiger partial charge in [0.05, 0.1) is 10.6 Å². The highest BCUT2D eigenvalue weighted by atomic mass is 32.1. The molecule has 2 aliphatic rings. The van der Waals surface area contributed by atoms with Gasteiger partial charge in [-0.2, -0.15) is 0 Å². The Kier molecular flexibility index (Phi) is 4.91. The lowest BCUT2D eigenvalue weighted by Crippen LogP contribution is -2.66. The summed E-state index contributed by atoms with van der Waals surface area (Å²) < 4.78 is 5.92. The predicted octanol–water partition coefficient (Wildman–Crippen LogP) is 4.53. The molecule has 4 heterocycles. The van der Waals surface area contributed by atoms with Gasteiger partial charge in [-0.3, -0.25) is 9.69 Å². The van der Waals surface area contributed by atoms with Gasteiger partial charge in [-0.05, 0) is 39.2 Å². The summed E-state index contributed by atoms with van der Waals surface area (Å²) in [7, 11) is 0. The Hall–Kier alpha value is -1.66. The maximum atomic E-state index is 13.3. The minimum atomic E-state index is -0.0932. The highest BCUT2D eigenvalue weighted by molar-refractivity contribution is 7.11. The number of aryl methyl sites for hydroxylation is 2. The van der Waals surface area contributed by atoms with Gasteiger partial charge in [0, 0.05) is 48.2 Å². The maximum absolute atomic E-state index is 13.3. The first-order valence-electron chi connectivity index (χ1n) is 10.2. The first-order chi connectivity index (χ1) is 13.2. The van der Waals surface area contributed by atoms with Crippen LogP contribution in [0.4, 0.5) is 0 Å². The number of nitrogens with zero attached hydrogens (tertiary/aromatic N) is 3. The van der Waals surface area contributed by atoms with Crippen molar-refractivity contribution in [1.82, 2.24) is 14.8 Å². The second-order valence-corrected chi connectivity index (χ2v) is 10.7. The normalized spacial score (nSPS) is 23.2. The zero-order valence-corrected chi connectivity index (χ0v) is 18.5. The molecule has 4 rings (SSSR count). The van der Waals surface area contributed by atoms with E-state index in [1.165, 1.54) is 17.7 Å². The molecule has 0 radical (unpaired) electrons. The smallest absolute Gasteiger partial charge is 0.257 e. The van der Waals surface area contributed by atoms with Crippen molar-refractivity contribution in [2.24, 2.45) is 0 Å². The molecule has 1 amide bonds. The molecule has 152 valence electrons. The molecule has 1 unspecified atom stereocenters. The Balaban J connectivity index is 1.49. The summed E-state index contributed by atoms with van der Waals surface area (Å²) in [6.07, 6.45) is 5.41. The summed E-state index contributed by atoms with van der Waals surface area (Å²) in [5.41, 5.74) is 0.770. The number of thiazole rings is 1. The Morgan fingerprint density at radius 3 is 2.64 bits per heavy atom. The number of piperidine rings is 1. The molecule has 5 nitrogen and oxygen atoms in total. The van der Waals surface area contributed by atoms with Crippen LogP contribution in [0.15, 0.2) is 16.7 Å². The van der Waals surface area contributed by atoms with Crippen molar-refractivity contribution < 1.29 is 9.21 Å². The van der Waals surface area contributed by atoms with Crippen LogP contribution in [-0.2, 0) is 12.0 Å². The SMILES string of the molecule is Cc1ncc(CN2CCC23CCCN(C(=O)c2cc(C(C)(C)C)oc2C)C3)s1. The highest BCUT2D eigenvalue weighted by Crippen LogP contribution is 2.40. The Labute approximate surface area is 171 Å². The number of amides is 1. The van der Waals surface area contributed by atoms with Crippen molar-refractivity contribution in [1.29, 1.82) is 0 Å². The zero-order chi connectivity index (χ0) is 20.1. The van der Waals surface area contributed by atoms with Gasteiger partial charge in [-0.25, -0.2) is 4.98 Å². The molecule has 2 fully saturated rings. The molecular formula is C22H31N3O2S. The van der Waals surface area contributed by atoms with Crippen molar-refractivity contribution in [3.05, 3.63) is 39.2 Å². The second-order valence-electron chi connectivity index (χ2n) is 9.40. The molecular weight excluding hydrogens is 370 g/mol. The van der Waals surface area contributed by atoms with E-state index in [2.05, 4.69) is 42.5 Å². The van der Waals surface area contributed by atoms with Crippen molar-refractivity contribution in [3.63, 3.8) is 0 Å². The van der Waals surface area contributed by atoms with E-state index in [4.69, 9.17) is 4.42 Å². The fourth-order valence-corrected chi connectivity index (χ4v) is 5.29. The van der Waals surface area contributed by atoms with Crippen LogP contribution in [0.1, 0.15) is 71.8 Å². The first kappa shape index (κ1) is 19.6. The van der Waals surface area contributed by atoms with Gasteiger partial charge in [-0.1, -0.05) is 20.8 Å². The summed E-state index contributed by atoms with van der Waals surface area (Å²) in [5, 5.41) is 1.12. The minimum Gasteiger partial charge on any atom is -0.465 e. The molecule has 2 aromatic heterocycles. The van der Waals surface area contributed by atoms with Crippen LogP contribution in [0.2, 0.25) is 0 Å². The predicted molar refractivity (Wildman–Crippen MR) is 112 cm³/mol. The topological polar surface area (TPSA) is 49.6 Å². The van der Waals surface area contributed by atoms with Gasteiger partial charge >= 0.3 is 0 Å². The van der Waals surface area contributed by atoms with E-state index >= 15 is 0 Å². The van der Waals surface area contributed by atoms with Gasteiger partial charge in [0.25, 0.3) is 5.91 Å². The van der Waals surface area contributed by atoms with E-state index in [0.29, 0.717) is 0 Å². The van der Waals surface area contributed by atoms with Crippen LogP contribution in [0.3, 0.4) is 0 Å². The molecule has 1 spiro atoms. The number of rotatable bonds is 3. The molecule has 6 heteroatoms. The van der Waals surface area contributed by atoms with E-state index in [9.17, 15) is 4.79 Å². The number of likely N-dealkylation sites (tertiary alicyclic amines) is 2. The third-order valence-electron chi connectivity index (χ3n) is 6.26. The molecule has 1 atom stereocenters. The van der Waals surface area contributed by atoms with E-state index in [1.54, 1.807) is 11.3 Å². The minimum absolute atomic E-state index is 0.0932. The van der Waals surface area contributed by atoms with Crippen LogP contribution in [-0.4, -0.2) is 45.9 Å². The quantitative estimate of drug-likeness (QED) is 0.758. The van der Waals surface area contributed by atoms with Crippen molar-refractivity contribution >= 4 is 17.2 Å². The lowest BCUT2D eigenvalue weighted by molar-refractivity contribution is -0.0643. The zero-order valence-electron chi connectivity index (χ0n) is 17.7. The van der Waals surface area contributed by atoms with Gasteiger partial charge in [-0.15, -0.1) is 11.3 Å². The average Bonchev–Trinajstić information content (AvgIpc) is 3.23. The number of hydrogen-bond donors (Lipinski definition) is 0. The van der Waals surface area contributed by atoms with Crippen LogP contribution in [0, 0.1) is 13.8 Å². The van der Waals surface area contributed by atoms with Gasteiger partial charge in [0.2, 0.25) is 0 Å². The van der Waals surface area contributed by atoms with Crippen LogP contribution >= 0.6 is 11.3 Å². The lowest BCUT2D eigenvalue weighted by Gasteiger charge is -2.57. The number of furan rings is 1. The second kappa shape index (κ2) is 6.99. The monoisotopic (exact) mass is 401 g/mol. The fraction of sp³-hybridized carbons (Fsp3) is 0.636. The van der Waals surface area contributed by atoms with Crippen molar-refractivity contribution in [2.75, 3.05) is 19.6 Å². The van der Waals surface area contributed by atoms with Crippen LogP contribution in [0.5, 0.6) is 0 Å². The summed E-state index contributed by atoms with van der Waals surface area (Å²) in [6.45, 7) is 14.0. The van der Waals surface area contributed by atoms with Crippen molar-refractivity contribution in [2.45, 2.75) is 71.4 Å². The molecule has 2 aromatic rings. The molecule has 28 heavy (non-hydrogen) atoms. The van der Waals surface area contributed by atoms with E-state index in [-0.39, 0.29) is 16.9 Å². The van der Waals surface area contributed by atoms with Crippen LogP contribution in [0.25, 0.3) is 0 Å². The highest BCUT2D eigenvalue weighted by Gasteiger charge is 2.48. The van der Waals surface area contributed by atoms with Crippen LogP contribution < -0.4 is 0 Å². The lowest BCUT2D eigenvalue weighted by atomic mass is 9.77. The third-order valence-corrected chi connectivity index (χ3v) is 7.16. The first-order valence-corrected chi connectivity index (χ1v) is 11.1. The molecule has 0 aliphatic carbocycles. The van der Waals surface area contributed by atoms with Crippen molar-refractivity contribution in [3.8, 4) is 0 Å². The number of carbonyl (C=O) groups excluding carboxylic acids is 1. The summed E-state index contributed by atoms with van der Waals surface area (Å²) in [5.74, 6) is 1.74. The average molecular weight is 402 g/mol. The van der Waals surface area contributed by atoms with E-state index < -0.39 is 0 Å². The van der Waals surface area contributed by atoms with E-state index in [0.717, 1.165) is 54.7 Å². The molecule has 0 bridgehead atoms. The summed E-state index contributed by atoms with van der Waals surface area (Å²) in [6, 6.07) is 1.96. The maximum Gasteiger partial charge on any atom is 0.257 e. The fourth-order valence-electron chi connectivity index (χ4n) is 4.48. The number of hydrogen-bond acceptors (Lipinski definition) is 5. The summed E-state index contributed by atoms with van der Waals surface area (Å²) >= 11 is 1.78. The molecule has 2 aliphatic heterocycles. The Morgan fingerprint density at radius 1 is 1.29 bits per heavy atom. The Morgan fingerprint density at radius 2 is 2.07 bits per heavy atom. The standard InChI is InChI=1S/C22H31N3O2S/c1-15-18(11-19(27-15)21(3,4)5)20(26)24-9-6-7-22(14-24)8-10-25(22)13-17-12-23-16(2)28-17/h11-12H,6-10,13-14H2,1-5H3. The molecule has 0 aromatic carbocycles. The summed E-state index contributed by atoms with van der Waals surface area (Å²) in [4.78, 5) is 23.6. The number of carbonyl (C=O) groups is 1. The molecule has 2 saturated heterocycles. The van der Waals surface area contributed by atoms with Gasteiger partial charge in [0.1, 0.15) is 11.5 Å². The molecule has 0 N–H and O–H groups in total.